The van der Waals surface area contributed by atoms with Crippen molar-refractivity contribution in [3.05, 3.63) is 0 Å². The summed E-state index contributed by atoms with van der Waals surface area (Å²) in [5.41, 5.74) is 0. The van der Waals surface area contributed by atoms with Crippen LogP contribution in [-0.2, 0) is 9.59 Å². The standard InChI is InChI=1S/C10H14O2/c1-6-4-7-2-3-9(11)8(5-6)10(7)12/h6-8H,2-5H2,1H3/t6-,7-,8-/m1/s1. The first-order valence-electron chi connectivity index (χ1n) is 4.75. The molecule has 0 aromatic carbocycles. The molecule has 2 rings (SSSR count). The zero-order chi connectivity index (χ0) is 8.72. The van der Waals surface area contributed by atoms with Crippen LogP contribution in [0.4, 0.5) is 0 Å². The predicted octanol–water partition coefficient (Wildman–Crippen LogP) is 1.58. The molecular formula is C10H14O2. The summed E-state index contributed by atoms with van der Waals surface area (Å²) in [5, 5.41) is 0. The molecule has 0 aromatic heterocycles. The van der Waals surface area contributed by atoms with Crippen LogP contribution in [0.5, 0.6) is 0 Å². The quantitative estimate of drug-likeness (QED) is 0.512. The van der Waals surface area contributed by atoms with Crippen LogP contribution >= 0.6 is 0 Å². The van der Waals surface area contributed by atoms with E-state index in [2.05, 4.69) is 6.92 Å². The molecule has 0 N–H and O–H groups in total. The Bertz CT molecular complexity index is 232. The number of rotatable bonds is 0. The molecule has 0 heterocycles. The van der Waals surface area contributed by atoms with Crippen LogP contribution in [0, 0.1) is 17.8 Å². The molecule has 0 unspecified atom stereocenters. The molecule has 0 spiro atoms. The van der Waals surface area contributed by atoms with Crippen molar-refractivity contribution in [3.8, 4) is 0 Å². The Kier molecular flexibility index (Phi) is 1.78. The highest BCUT2D eigenvalue weighted by Gasteiger charge is 2.41. The van der Waals surface area contributed by atoms with E-state index in [1.807, 2.05) is 0 Å². The Morgan fingerprint density at radius 1 is 1.25 bits per heavy atom. The van der Waals surface area contributed by atoms with Gasteiger partial charge in [0.1, 0.15) is 11.6 Å². The molecular weight excluding hydrogens is 152 g/mol. The lowest BCUT2D eigenvalue weighted by Crippen LogP contribution is -2.41. The van der Waals surface area contributed by atoms with Gasteiger partial charge in [-0.25, -0.2) is 0 Å². The molecule has 0 aliphatic heterocycles. The molecule has 2 saturated carbocycles. The number of hydrogen-bond acceptors (Lipinski definition) is 2. The summed E-state index contributed by atoms with van der Waals surface area (Å²) in [6, 6.07) is 0. The molecule has 0 aromatic rings. The maximum Gasteiger partial charge on any atom is 0.146 e. The summed E-state index contributed by atoms with van der Waals surface area (Å²) < 4.78 is 0. The van der Waals surface area contributed by atoms with Crippen LogP contribution in [-0.4, -0.2) is 11.6 Å². The van der Waals surface area contributed by atoms with Gasteiger partial charge in [-0.2, -0.15) is 0 Å². The van der Waals surface area contributed by atoms with E-state index >= 15 is 0 Å². The molecule has 2 aliphatic carbocycles. The van der Waals surface area contributed by atoms with Gasteiger partial charge in [-0.1, -0.05) is 6.92 Å². The Hall–Kier alpha value is -0.660. The van der Waals surface area contributed by atoms with E-state index in [0.29, 0.717) is 12.3 Å². The van der Waals surface area contributed by atoms with Crippen molar-refractivity contribution in [2.75, 3.05) is 0 Å². The molecule has 2 bridgehead atoms. The monoisotopic (exact) mass is 166 g/mol. The lowest BCUT2D eigenvalue weighted by molar-refractivity contribution is -0.142. The lowest BCUT2D eigenvalue weighted by atomic mass is 9.67. The fourth-order valence-corrected chi connectivity index (χ4v) is 2.54. The normalized spacial score (nSPS) is 41.6. The van der Waals surface area contributed by atoms with Gasteiger partial charge in [0.25, 0.3) is 0 Å². The van der Waals surface area contributed by atoms with E-state index in [4.69, 9.17) is 0 Å². The molecule has 2 heteroatoms. The number of hydrogen-bond donors (Lipinski definition) is 0. The zero-order valence-electron chi connectivity index (χ0n) is 7.38. The number of carbonyl (C=O) groups excluding carboxylic acids is 2. The van der Waals surface area contributed by atoms with Crippen LogP contribution in [0.1, 0.15) is 32.6 Å². The first kappa shape index (κ1) is 7.96. The summed E-state index contributed by atoms with van der Waals surface area (Å²) in [5.74, 6) is 1.01. The smallest absolute Gasteiger partial charge is 0.146 e. The SMILES string of the molecule is C[C@@H]1C[C@H]2CCC(=O)[C@@H](C1)C2=O. The van der Waals surface area contributed by atoms with Gasteiger partial charge < -0.3 is 0 Å². The lowest BCUT2D eigenvalue weighted by Gasteiger charge is -2.35. The maximum atomic E-state index is 11.5. The first-order chi connectivity index (χ1) is 5.68. The third kappa shape index (κ3) is 1.10. The average molecular weight is 166 g/mol. The fraction of sp³-hybridized carbons (Fsp3) is 0.800. The second-order valence-corrected chi connectivity index (χ2v) is 4.23. The van der Waals surface area contributed by atoms with Crippen LogP contribution in [0.3, 0.4) is 0 Å². The van der Waals surface area contributed by atoms with Crippen molar-refractivity contribution in [3.63, 3.8) is 0 Å². The summed E-state index contributed by atoms with van der Waals surface area (Å²) in [6.45, 7) is 2.14. The van der Waals surface area contributed by atoms with Crippen molar-refractivity contribution < 1.29 is 9.59 Å². The van der Waals surface area contributed by atoms with Crippen molar-refractivity contribution >= 4 is 11.6 Å². The molecule has 0 saturated heterocycles. The van der Waals surface area contributed by atoms with E-state index in [1.54, 1.807) is 0 Å². The van der Waals surface area contributed by atoms with Crippen molar-refractivity contribution in [2.45, 2.75) is 32.6 Å². The Balaban J connectivity index is 2.22. The number of fused-ring (bicyclic) bond motifs is 2. The van der Waals surface area contributed by atoms with E-state index in [9.17, 15) is 9.59 Å². The van der Waals surface area contributed by atoms with Gasteiger partial charge in [-0.15, -0.1) is 0 Å². The Morgan fingerprint density at radius 2 is 2.00 bits per heavy atom. The van der Waals surface area contributed by atoms with E-state index in [0.717, 1.165) is 19.3 Å². The van der Waals surface area contributed by atoms with Gasteiger partial charge in [0.15, 0.2) is 0 Å². The van der Waals surface area contributed by atoms with Crippen molar-refractivity contribution in [1.82, 2.24) is 0 Å². The van der Waals surface area contributed by atoms with E-state index < -0.39 is 0 Å². The minimum atomic E-state index is -0.215. The highest BCUT2D eigenvalue weighted by Crippen LogP contribution is 2.37. The maximum absolute atomic E-state index is 11.5. The van der Waals surface area contributed by atoms with Gasteiger partial charge in [-0.05, 0) is 25.2 Å². The van der Waals surface area contributed by atoms with E-state index in [1.165, 1.54) is 0 Å². The van der Waals surface area contributed by atoms with Crippen LogP contribution < -0.4 is 0 Å². The second-order valence-electron chi connectivity index (χ2n) is 4.23. The third-order valence-electron chi connectivity index (χ3n) is 3.20. The van der Waals surface area contributed by atoms with Crippen LogP contribution in [0.25, 0.3) is 0 Å². The van der Waals surface area contributed by atoms with E-state index in [-0.39, 0.29) is 23.4 Å². The Labute approximate surface area is 72.3 Å². The average Bonchev–Trinajstić information content (AvgIpc) is 2.01. The first-order valence-corrected chi connectivity index (χ1v) is 4.75. The highest BCUT2D eigenvalue weighted by molar-refractivity contribution is 6.05. The number of ketones is 2. The summed E-state index contributed by atoms with van der Waals surface area (Å²) in [6.07, 6.45) is 3.29. The topological polar surface area (TPSA) is 34.1 Å². The molecule has 2 aliphatic rings. The van der Waals surface area contributed by atoms with Crippen molar-refractivity contribution in [2.24, 2.45) is 17.8 Å². The fourth-order valence-electron chi connectivity index (χ4n) is 2.54. The predicted molar refractivity (Wildman–Crippen MR) is 44.6 cm³/mol. The number of Topliss-reactive ketones (excluding diaryl/α,β-unsaturated/α-hetero) is 2. The molecule has 0 radical (unpaired) electrons. The van der Waals surface area contributed by atoms with Gasteiger partial charge >= 0.3 is 0 Å². The largest absolute Gasteiger partial charge is 0.299 e. The summed E-state index contributed by atoms with van der Waals surface area (Å²) >= 11 is 0. The van der Waals surface area contributed by atoms with Crippen molar-refractivity contribution in [1.29, 1.82) is 0 Å². The molecule has 0 amide bonds. The molecule has 2 fully saturated rings. The van der Waals surface area contributed by atoms with Gasteiger partial charge in [0, 0.05) is 12.3 Å². The zero-order valence-corrected chi connectivity index (χ0v) is 7.38. The minimum absolute atomic E-state index is 0.197. The molecule has 3 atom stereocenters. The summed E-state index contributed by atoms with van der Waals surface area (Å²) in [7, 11) is 0. The second kappa shape index (κ2) is 2.68. The molecule has 2 nitrogen and oxygen atoms in total. The van der Waals surface area contributed by atoms with Crippen LogP contribution in [0.15, 0.2) is 0 Å². The van der Waals surface area contributed by atoms with Gasteiger partial charge in [0.05, 0.1) is 5.92 Å². The van der Waals surface area contributed by atoms with Gasteiger partial charge in [0.2, 0.25) is 0 Å². The highest BCUT2D eigenvalue weighted by atomic mass is 16.2. The minimum Gasteiger partial charge on any atom is -0.299 e. The third-order valence-corrected chi connectivity index (χ3v) is 3.20. The summed E-state index contributed by atoms with van der Waals surface area (Å²) in [4.78, 5) is 22.9. The molecule has 12 heavy (non-hydrogen) atoms. The van der Waals surface area contributed by atoms with Crippen LogP contribution in [0.2, 0.25) is 0 Å². The molecule has 66 valence electrons. The number of carbonyl (C=O) groups is 2. The van der Waals surface area contributed by atoms with Gasteiger partial charge in [-0.3, -0.25) is 9.59 Å². The Morgan fingerprint density at radius 3 is 2.75 bits per heavy atom.